The molecule has 2 heterocycles. The van der Waals surface area contributed by atoms with Crippen LogP contribution >= 0.6 is 12.2 Å². The Balaban J connectivity index is 1.89. The maximum Gasteiger partial charge on any atom is 0.252 e. The Hall–Kier alpha value is -2.12. The second kappa shape index (κ2) is 6.17. The van der Waals surface area contributed by atoms with E-state index >= 15 is 0 Å². The van der Waals surface area contributed by atoms with Gasteiger partial charge >= 0.3 is 0 Å². The molecule has 0 spiro atoms. The molecule has 0 fully saturated rings. The molecule has 0 radical (unpaired) electrons. The van der Waals surface area contributed by atoms with Gasteiger partial charge in [0.1, 0.15) is 12.4 Å². The van der Waals surface area contributed by atoms with Crippen molar-refractivity contribution in [2.75, 3.05) is 7.05 Å². The highest BCUT2D eigenvalue weighted by molar-refractivity contribution is 7.71. The topological polar surface area (TPSA) is 39.6 Å². The number of hydrogen-bond acceptors (Lipinski definition) is 3. The fourth-order valence-electron chi connectivity index (χ4n) is 2.80. The Morgan fingerprint density at radius 2 is 2.00 bits per heavy atom. The first-order valence-corrected chi connectivity index (χ1v) is 7.84. The van der Waals surface area contributed by atoms with Crippen LogP contribution in [-0.4, -0.2) is 26.2 Å². The molecule has 2 aromatic heterocycles. The predicted molar refractivity (Wildman–Crippen MR) is 88.3 cm³/mol. The van der Waals surface area contributed by atoms with Crippen LogP contribution in [0.25, 0.3) is 5.78 Å². The summed E-state index contributed by atoms with van der Waals surface area (Å²) in [6.45, 7) is 5.28. The first kappa shape index (κ1) is 15.8. The highest BCUT2D eigenvalue weighted by Crippen LogP contribution is 2.06. The van der Waals surface area contributed by atoms with Gasteiger partial charge in [-0.25, -0.2) is 18.6 Å². The first-order chi connectivity index (χ1) is 10.9. The normalized spacial score (nSPS) is 12.7. The molecule has 0 amide bonds. The van der Waals surface area contributed by atoms with Crippen molar-refractivity contribution in [1.82, 2.24) is 19.2 Å². The minimum absolute atomic E-state index is 0.211. The van der Waals surface area contributed by atoms with E-state index in [2.05, 4.69) is 9.97 Å². The lowest BCUT2D eigenvalue weighted by Crippen LogP contribution is -3.07. The maximum absolute atomic E-state index is 13.3. The molecule has 1 N–H and O–H groups in total. The summed E-state index contributed by atoms with van der Waals surface area (Å²) in [4.78, 5) is 9.97. The van der Waals surface area contributed by atoms with Gasteiger partial charge < -0.3 is 4.90 Å². The van der Waals surface area contributed by atoms with Gasteiger partial charge in [0, 0.05) is 17.0 Å². The van der Waals surface area contributed by atoms with E-state index in [9.17, 15) is 4.39 Å². The number of halogens is 1. The van der Waals surface area contributed by atoms with E-state index in [1.54, 1.807) is 12.1 Å². The third-order valence-corrected chi connectivity index (χ3v) is 3.99. The standard InChI is InChI=1S/C16H18FN5S/c1-11-7-12(2)22-15(18-11)19-16(23)21(22)10-20(3)9-13-5-4-6-14(17)8-13/h4-8H,9-10H2,1-3H3/p+1. The van der Waals surface area contributed by atoms with Gasteiger partial charge in [-0.05, 0) is 44.3 Å². The molecule has 3 aromatic rings. The Labute approximate surface area is 139 Å². The van der Waals surface area contributed by atoms with Gasteiger partial charge in [-0.1, -0.05) is 12.1 Å². The zero-order chi connectivity index (χ0) is 16.6. The molecule has 0 aliphatic heterocycles. The van der Waals surface area contributed by atoms with Crippen LogP contribution in [0.5, 0.6) is 0 Å². The molecule has 23 heavy (non-hydrogen) atoms. The van der Waals surface area contributed by atoms with Crippen LogP contribution in [0.1, 0.15) is 17.0 Å². The molecule has 5 nitrogen and oxygen atoms in total. The summed E-state index contributed by atoms with van der Waals surface area (Å²) < 4.78 is 17.7. The largest absolute Gasteiger partial charge is 0.315 e. The molecule has 1 atom stereocenters. The molecule has 0 aliphatic carbocycles. The summed E-state index contributed by atoms with van der Waals surface area (Å²) in [6, 6.07) is 8.68. The number of fused-ring (bicyclic) bond motifs is 1. The van der Waals surface area contributed by atoms with Crippen LogP contribution in [0.2, 0.25) is 0 Å². The molecule has 0 saturated heterocycles. The monoisotopic (exact) mass is 332 g/mol. The second-order valence-corrected chi connectivity index (χ2v) is 6.23. The second-order valence-electron chi connectivity index (χ2n) is 5.87. The number of nitrogens with one attached hydrogen (secondary N) is 1. The van der Waals surface area contributed by atoms with Gasteiger partial charge in [-0.3, -0.25) is 0 Å². The number of aromatic nitrogens is 4. The van der Waals surface area contributed by atoms with E-state index in [1.807, 2.05) is 42.2 Å². The lowest BCUT2D eigenvalue weighted by atomic mass is 10.2. The Morgan fingerprint density at radius 3 is 2.74 bits per heavy atom. The van der Waals surface area contributed by atoms with E-state index in [1.165, 1.54) is 11.0 Å². The summed E-state index contributed by atoms with van der Waals surface area (Å²) in [7, 11) is 2.04. The predicted octanol–water partition coefficient (Wildman–Crippen LogP) is 1.69. The molecule has 1 aromatic carbocycles. The molecule has 120 valence electrons. The fraction of sp³-hybridized carbons (Fsp3) is 0.312. The Bertz CT molecular complexity index is 914. The van der Waals surface area contributed by atoms with Gasteiger partial charge in [0.25, 0.3) is 5.78 Å². The molecular formula is C16H19FN5S+. The van der Waals surface area contributed by atoms with E-state index in [0.29, 0.717) is 23.8 Å². The van der Waals surface area contributed by atoms with E-state index < -0.39 is 0 Å². The van der Waals surface area contributed by atoms with Crippen LogP contribution in [0, 0.1) is 24.4 Å². The van der Waals surface area contributed by atoms with Gasteiger partial charge in [-0.15, -0.1) is 0 Å². The van der Waals surface area contributed by atoms with Crippen LogP contribution < -0.4 is 4.90 Å². The average molecular weight is 332 g/mol. The number of nitrogens with zero attached hydrogens (tertiary/aromatic N) is 4. The van der Waals surface area contributed by atoms with Crippen molar-refractivity contribution in [2.45, 2.75) is 27.1 Å². The average Bonchev–Trinajstić information content (AvgIpc) is 2.74. The summed E-state index contributed by atoms with van der Waals surface area (Å²) in [5, 5.41) is 0. The van der Waals surface area contributed by atoms with Crippen molar-refractivity contribution in [3.8, 4) is 0 Å². The molecule has 1 unspecified atom stereocenters. The van der Waals surface area contributed by atoms with Gasteiger partial charge in [0.15, 0.2) is 6.67 Å². The quantitative estimate of drug-likeness (QED) is 0.739. The molecule has 7 heteroatoms. The van der Waals surface area contributed by atoms with Crippen LogP contribution in [0.15, 0.2) is 30.3 Å². The Morgan fingerprint density at radius 1 is 1.22 bits per heavy atom. The van der Waals surface area contributed by atoms with Crippen molar-refractivity contribution in [2.24, 2.45) is 0 Å². The fourth-order valence-corrected chi connectivity index (χ4v) is 3.03. The van der Waals surface area contributed by atoms with E-state index in [-0.39, 0.29) is 5.82 Å². The van der Waals surface area contributed by atoms with Crippen LogP contribution in [0.3, 0.4) is 0 Å². The molecule has 0 saturated carbocycles. The molecule has 0 bridgehead atoms. The van der Waals surface area contributed by atoms with Crippen molar-refractivity contribution in [1.29, 1.82) is 0 Å². The van der Waals surface area contributed by atoms with Crippen molar-refractivity contribution < 1.29 is 9.29 Å². The van der Waals surface area contributed by atoms with Gasteiger partial charge in [0.2, 0.25) is 4.77 Å². The highest BCUT2D eigenvalue weighted by Gasteiger charge is 2.13. The third-order valence-electron chi connectivity index (χ3n) is 3.69. The van der Waals surface area contributed by atoms with Gasteiger partial charge in [0.05, 0.1) is 7.05 Å². The molecular weight excluding hydrogens is 313 g/mol. The number of aryl methyl sites for hydroxylation is 2. The van der Waals surface area contributed by atoms with Crippen LogP contribution in [0.4, 0.5) is 4.39 Å². The van der Waals surface area contributed by atoms with Crippen molar-refractivity contribution >= 4 is 18.0 Å². The zero-order valence-electron chi connectivity index (χ0n) is 13.4. The number of quaternary nitrogens is 1. The summed E-state index contributed by atoms with van der Waals surface area (Å²) in [5.74, 6) is 0.406. The van der Waals surface area contributed by atoms with Gasteiger partial charge in [-0.2, -0.15) is 4.98 Å². The third kappa shape index (κ3) is 3.30. The Kier molecular flexibility index (Phi) is 4.23. The summed E-state index contributed by atoms with van der Waals surface area (Å²) >= 11 is 5.38. The van der Waals surface area contributed by atoms with Crippen molar-refractivity contribution in [3.05, 3.63) is 57.9 Å². The van der Waals surface area contributed by atoms with Crippen molar-refractivity contribution in [3.63, 3.8) is 0 Å². The lowest BCUT2D eigenvalue weighted by molar-refractivity contribution is -0.917. The molecule has 0 aliphatic rings. The SMILES string of the molecule is Cc1cc(C)n2c(n1)nc(=S)n2C[NH+](C)Cc1cccc(F)c1. The van der Waals surface area contributed by atoms with E-state index in [4.69, 9.17) is 12.2 Å². The molecule has 3 rings (SSSR count). The smallest absolute Gasteiger partial charge is 0.252 e. The minimum Gasteiger partial charge on any atom is -0.315 e. The summed E-state index contributed by atoms with van der Waals surface area (Å²) in [6.07, 6.45) is 0. The minimum atomic E-state index is -0.211. The lowest BCUT2D eigenvalue weighted by Gasteiger charge is -2.16. The maximum atomic E-state index is 13.3. The van der Waals surface area contributed by atoms with Crippen LogP contribution in [-0.2, 0) is 13.2 Å². The highest BCUT2D eigenvalue weighted by atomic mass is 32.1. The number of hydrogen-bond donors (Lipinski definition) is 1. The zero-order valence-corrected chi connectivity index (χ0v) is 14.2. The number of benzene rings is 1. The number of rotatable bonds is 4. The summed E-state index contributed by atoms with van der Waals surface area (Å²) in [5.41, 5.74) is 2.91. The first-order valence-electron chi connectivity index (χ1n) is 7.43. The van der Waals surface area contributed by atoms with E-state index in [0.717, 1.165) is 17.0 Å².